The monoisotopic (exact) mass is 987 g/mol. The number of rotatable bonds is 23. The van der Waals surface area contributed by atoms with Gasteiger partial charge in [0.15, 0.2) is 0 Å². The van der Waals surface area contributed by atoms with Gasteiger partial charge in [-0.3, -0.25) is 24.9 Å². The average Bonchev–Trinajstić information content (AvgIpc) is 3.33. The molecule has 0 aliphatic carbocycles. The van der Waals surface area contributed by atoms with Gasteiger partial charge in [0.1, 0.15) is 67.6 Å². The van der Waals surface area contributed by atoms with E-state index in [0.29, 0.717) is 56.4 Å². The minimum atomic E-state index is -1.25. The fourth-order valence-electron chi connectivity index (χ4n) is 7.69. The molecule has 17 heteroatoms. The van der Waals surface area contributed by atoms with E-state index in [9.17, 15) is 40.5 Å². The summed E-state index contributed by atoms with van der Waals surface area (Å²) < 4.78 is 25.1. The van der Waals surface area contributed by atoms with Crippen LogP contribution in [0.3, 0.4) is 0 Å². The highest BCUT2D eigenvalue weighted by atomic mass is 35.5. The van der Waals surface area contributed by atoms with Crippen molar-refractivity contribution in [3.8, 4) is 46.3 Å². The molecule has 362 valence electrons. The number of halogens is 2. The third-order valence-electron chi connectivity index (χ3n) is 11.7. The first-order chi connectivity index (χ1) is 33.6. The van der Waals surface area contributed by atoms with Gasteiger partial charge in [-0.15, -0.1) is 0 Å². The molecule has 0 fully saturated rings. The molecule has 4 atom stereocenters. The lowest BCUT2D eigenvalue weighted by Crippen LogP contribution is -2.44. The first-order valence-corrected chi connectivity index (χ1v) is 22.9. The molecule has 0 bridgehead atoms. The number of ether oxygens (including phenoxy) is 4. The number of aryl methyl sites for hydroxylation is 1. The lowest BCUT2D eigenvalue weighted by atomic mass is 9.92. The Balaban J connectivity index is 1.21. The van der Waals surface area contributed by atoms with Crippen LogP contribution in [0.25, 0.3) is 11.1 Å². The number of hydrogen-bond acceptors (Lipinski definition) is 13. The summed E-state index contributed by atoms with van der Waals surface area (Å²) in [7, 11) is 0. The van der Waals surface area contributed by atoms with Gasteiger partial charge in [0.25, 0.3) is 0 Å². The number of nitrogens with one attached hydrogen (secondary N) is 1. The molecular weight excluding hydrogens is 938 g/mol. The molecular formula is C53H51Cl2N5O10. The molecule has 0 unspecified atom stereocenters. The number of pyridine rings is 2. The summed E-state index contributed by atoms with van der Waals surface area (Å²) in [6, 6.07) is 24.6. The second-order valence-corrected chi connectivity index (χ2v) is 17.5. The fourth-order valence-corrected chi connectivity index (χ4v) is 8.17. The standard InChI is InChI=1S/C53H51Cl2N5O10/c1-30-39(28-69-49-17-47(67-26-36-13-34(19-56)21-58-23-36)38(15-45(49)54)11-12-44(32(3)61)52(63)64)7-5-9-42(30)43-10-6-8-40(31(43)2)29-70-50-18-48(68-27-37-14-35(20-57)22-59-24-37)41(16-46(50)55)25-60-51(33(4)62)53(65)66/h5-10,13-18,21-24,32-33,44,51,60-62H,11-12,25-29H2,1-4H3,(H,63,64)(H,65,66)/t32-,33-,44+,51+/m1/s1. The second kappa shape index (κ2) is 24.4. The summed E-state index contributed by atoms with van der Waals surface area (Å²) in [4.78, 5) is 31.9. The Kier molecular flexibility index (Phi) is 18.1. The van der Waals surface area contributed by atoms with Crippen molar-refractivity contribution in [2.75, 3.05) is 0 Å². The molecule has 0 radical (unpaired) electrons. The van der Waals surface area contributed by atoms with Crippen molar-refractivity contribution >= 4 is 35.1 Å². The number of nitrogens with zero attached hydrogens (tertiary/aromatic N) is 4. The number of aliphatic carboxylic acids is 2. The number of carboxylic acids is 2. The Morgan fingerprint density at radius 1 is 0.629 bits per heavy atom. The number of aliphatic hydroxyl groups is 2. The molecule has 0 aliphatic rings. The van der Waals surface area contributed by atoms with E-state index in [-0.39, 0.29) is 55.9 Å². The molecule has 2 aromatic heterocycles. The topological polar surface area (TPSA) is 237 Å². The molecule has 15 nitrogen and oxygen atoms in total. The number of aliphatic hydroxyl groups excluding tert-OH is 2. The van der Waals surface area contributed by atoms with Gasteiger partial charge in [-0.2, -0.15) is 10.5 Å². The normalized spacial score (nSPS) is 12.7. The van der Waals surface area contributed by atoms with Crippen LogP contribution < -0.4 is 24.3 Å². The van der Waals surface area contributed by atoms with Crippen LogP contribution in [0.5, 0.6) is 23.0 Å². The van der Waals surface area contributed by atoms with Gasteiger partial charge in [0.2, 0.25) is 0 Å². The van der Waals surface area contributed by atoms with E-state index in [1.807, 2.05) is 50.2 Å². The zero-order valence-corrected chi connectivity index (χ0v) is 40.3. The van der Waals surface area contributed by atoms with E-state index in [1.54, 1.807) is 48.8 Å². The van der Waals surface area contributed by atoms with Crippen LogP contribution in [0.4, 0.5) is 0 Å². The highest BCUT2D eigenvalue weighted by Gasteiger charge is 2.25. The fraction of sp³-hybridized carbons (Fsp3) is 0.283. The van der Waals surface area contributed by atoms with Crippen molar-refractivity contribution in [2.24, 2.45) is 5.92 Å². The van der Waals surface area contributed by atoms with Gasteiger partial charge in [-0.25, -0.2) is 0 Å². The number of aromatic nitrogens is 2. The van der Waals surface area contributed by atoms with E-state index in [0.717, 1.165) is 33.4 Å². The third-order valence-corrected chi connectivity index (χ3v) is 12.3. The van der Waals surface area contributed by atoms with Crippen molar-refractivity contribution in [2.45, 2.75) is 91.8 Å². The minimum absolute atomic E-state index is 0.00631. The number of nitriles is 2. The maximum Gasteiger partial charge on any atom is 0.323 e. The van der Waals surface area contributed by atoms with Crippen molar-refractivity contribution in [3.05, 3.63) is 163 Å². The summed E-state index contributed by atoms with van der Waals surface area (Å²) in [5.74, 6) is -1.96. The largest absolute Gasteiger partial charge is 0.488 e. The van der Waals surface area contributed by atoms with Gasteiger partial charge in [0, 0.05) is 60.2 Å². The molecule has 0 saturated heterocycles. The summed E-state index contributed by atoms with van der Waals surface area (Å²) in [6.07, 6.45) is 4.17. The first-order valence-electron chi connectivity index (χ1n) is 22.1. The molecule has 0 saturated carbocycles. The van der Waals surface area contributed by atoms with Crippen LogP contribution in [0, 0.1) is 42.4 Å². The SMILES string of the molecule is Cc1c(COc2cc(OCc3cncc(C#N)c3)c(CC[C@H](C(=O)O)[C@@H](C)O)cc2Cl)cccc1-c1cccc(COc2cc(OCc3cncc(C#N)c3)c(CN[C@H](C(=O)O)[C@@H](C)O)cc2Cl)c1C. The van der Waals surface area contributed by atoms with Crippen molar-refractivity contribution < 1.29 is 49.0 Å². The van der Waals surface area contributed by atoms with Crippen LogP contribution in [-0.4, -0.2) is 60.6 Å². The van der Waals surface area contributed by atoms with Gasteiger partial charge in [-0.05, 0) is 104 Å². The summed E-state index contributed by atoms with van der Waals surface area (Å²) in [5.41, 5.74) is 8.74. The zero-order chi connectivity index (χ0) is 50.5. The molecule has 0 aliphatic heterocycles. The van der Waals surface area contributed by atoms with Gasteiger partial charge >= 0.3 is 11.9 Å². The maximum absolute atomic E-state index is 11.9. The first kappa shape index (κ1) is 52.1. The smallest absolute Gasteiger partial charge is 0.323 e. The Hall–Kier alpha value is -7.24. The lowest BCUT2D eigenvalue weighted by molar-refractivity contribution is -0.145. The van der Waals surface area contributed by atoms with Gasteiger partial charge < -0.3 is 39.4 Å². The molecule has 4 aromatic carbocycles. The Bertz CT molecular complexity index is 2740. The lowest BCUT2D eigenvalue weighted by Gasteiger charge is -2.20. The predicted octanol–water partition coefficient (Wildman–Crippen LogP) is 9.06. The van der Waals surface area contributed by atoms with Crippen molar-refractivity contribution in [1.82, 2.24) is 15.3 Å². The highest BCUT2D eigenvalue weighted by Crippen LogP contribution is 2.38. The predicted molar refractivity (Wildman–Crippen MR) is 261 cm³/mol. The molecule has 70 heavy (non-hydrogen) atoms. The van der Waals surface area contributed by atoms with Crippen molar-refractivity contribution in [1.29, 1.82) is 10.5 Å². The van der Waals surface area contributed by atoms with E-state index < -0.39 is 36.1 Å². The number of carboxylic acid groups (broad SMARTS) is 2. The molecule has 6 rings (SSSR count). The van der Waals surface area contributed by atoms with Crippen LogP contribution in [0.2, 0.25) is 10.0 Å². The maximum atomic E-state index is 11.9. The van der Waals surface area contributed by atoms with Crippen LogP contribution in [0.15, 0.2) is 97.6 Å². The Morgan fingerprint density at radius 2 is 1.10 bits per heavy atom. The Morgan fingerprint density at radius 3 is 1.54 bits per heavy atom. The highest BCUT2D eigenvalue weighted by molar-refractivity contribution is 6.32. The summed E-state index contributed by atoms with van der Waals surface area (Å²) in [5, 5.41) is 61.6. The minimum Gasteiger partial charge on any atom is -0.488 e. The quantitative estimate of drug-likeness (QED) is 0.0402. The molecule has 5 N–H and O–H groups in total. The zero-order valence-electron chi connectivity index (χ0n) is 38.8. The molecule has 6 aromatic rings. The van der Waals surface area contributed by atoms with E-state index in [1.165, 1.54) is 26.2 Å². The molecule has 2 heterocycles. The van der Waals surface area contributed by atoms with E-state index >= 15 is 0 Å². The van der Waals surface area contributed by atoms with Crippen LogP contribution in [-0.2, 0) is 49.0 Å². The van der Waals surface area contributed by atoms with E-state index in [4.69, 9.17) is 42.1 Å². The Labute approximate surface area is 415 Å². The average molecular weight is 989 g/mol. The van der Waals surface area contributed by atoms with Crippen molar-refractivity contribution in [3.63, 3.8) is 0 Å². The van der Waals surface area contributed by atoms with Gasteiger partial charge in [0.05, 0.1) is 39.3 Å². The summed E-state index contributed by atoms with van der Waals surface area (Å²) >= 11 is 13.6. The second-order valence-electron chi connectivity index (χ2n) is 16.7. The van der Waals surface area contributed by atoms with Crippen LogP contribution in [0.1, 0.15) is 75.9 Å². The number of hydrogen-bond donors (Lipinski definition) is 5. The molecule has 0 spiro atoms. The van der Waals surface area contributed by atoms with E-state index in [2.05, 4.69) is 27.4 Å². The van der Waals surface area contributed by atoms with Gasteiger partial charge in [-0.1, -0.05) is 59.6 Å². The van der Waals surface area contributed by atoms with Crippen LogP contribution >= 0.6 is 23.2 Å². The number of carbonyl (C=O) groups is 2. The number of benzene rings is 4. The molecule has 0 amide bonds. The summed E-state index contributed by atoms with van der Waals surface area (Å²) in [6.45, 7) is 7.19. The third kappa shape index (κ3) is 13.5.